The number of aryl methyl sites for hydroxylation is 1. The first-order valence-corrected chi connectivity index (χ1v) is 6.42. The van der Waals surface area contributed by atoms with Gasteiger partial charge in [0.1, 0.15) is 5.82 Å². The van der Waals surface area contributed by atoms with Gasteiger partial charge in [0.25, 0.3) is 5.56 Å². The zero-order valence-corrected chi connectivity index (χ0v) is 11.1. The van der Waals surface area contributed by atoms with Crippen LogP contribution in [0, 0.1) is 6.92 Å². The lowest BCUT2D eigenvalue weighted by atomic mass is 10.1. The standard InChI is InChI=1S/C14H15N5O/c1-9-11(14(20)19-16-9)8-13-15-12(17-18-13)7-10-5-3-2-4-6-10/h2-6H,7-8H2,1H3,(H,15,17,18)(H2,16,19,20). The fraction of sp³-hybridized carbons (Fsp3) is 0.214. The molecule has 0 saturated heterocycles. The van der Waals surface area contributed by atoms with Crippen LogP contribution in [0.2, 0.25) is 0 Å². The highest BCUT2D eigenvalue weighted by molar-refractivity contribution is 5.21. The van der Waals surface area contributed by atoms with E-state index < -0.39 is 0 Å². The molecule has 0 fully saturated rings. The third-order valence-corrected chi connectivity index (χ3v) is 3.22. The average molecular weight is 269 g/mol. The molecule has 3 rings (SSSR count). The number of hydrogen-bond donors (Lipinski definition) is 3. The summed E-state index contributed by atoms with van der Waals surface area (Å²) in [5.41, 5.74) is 2.56. The molecule has 0 bridgehead atoms. The first-order valence-electron chi connectivity index (χ1n) is 6.42. The predicted molar refractivity (Wildman–Crippen MR) is 74.6 cm³/mol. The lowest BCUT2D eigenvalue weighted by Crippen LogP contribution is -2.07. The Morgan fingerprint density at radius 1 is 1.10 bits per heavy atom. The molecular formula is C14H15N5O. The summed E-state index contributed by atoms with van der Waals surface area (Å²) in [6.45, 7) is 1.85. The van der Waals surface area contributed by atoms with Crippen LogP contribution in [0.1, 0.15) is 28.5 Å². The molecular weight excluding hydrogens is 254 g/mol. The van der Waals surface area contributed by atoms with Crippen LogP contribution in [0.15, 0.2) is 35.1 Å². The van der Waals surface area contributed by atoms with Gasteiger partial charge in [-0.1, -0.05) is 30.3 Å². The molecule has 3 N–H and O–H groups in total. The molecule has 0 atom stereocenters. The lowest BCUT2D eigenvalue weighted by molar-refractivity contribution is 0.952. The summed E-state index contributed by atoms with van der Waals surface area (Å²) in [5, 5.41) is 12.4. The van der Waals surface area contributed by atoms with Gasteiger partial charge in [-0.25, -0.2) is 4.98 Å². The molecule has 0 radical (unpaired) electrons. The van der Waals surface area contributed by atoms with Crippen LogP contribution in [0.3, 0.4) is 0 Å². The number of benzene rings is 1. The van der Waals surface area contributed by atoms with Gasteiger partial charge in [-0.05, 0) is 12.5 Å². The highest BCUT2D eigenvalue weighted by Crippen LogP contribution is 2.07. The van der Waals surface area contributed by atoms with E-state index in [-0.39, 0.29) is 5.56 Å². The Labute approximate surface area is 115 Å². The van der Waals surface area contributed by atoms with Gasteiger partial charge in [-0.15, -0.1) is 0 Å². The summed E-state index contributed by atoms with van der Waals surface area (Å²) < 4.78 is 0. The van der Waals surface area contributed by atoms with Crippen molar-refractivity contribution in [2.24, 2.45) is 0 Å². The van der Waals surface area contributed by atoms with Crippen LogP contribution in [-0.2, 0) is 12.8 Å². The van der Waals surface area contributed by atoms with E-state index in [1.807, 2.05) is 37.3 Å². The lowest BCUT2D eigenvalue weighted by Gasteiger charge is -1.95. The highest BCUT2D eigenvalue weighted by Gasteiger charge is 2.11. The fourth-order valence-corrected chi connectivity index (χ4v) is 2.12. The average Bonchev–Trinajstić information content (AvgIpc) is 3.02. The number of H-pyrrole nitrogens is 3. The molecule has 6 nitrogen and oxygen atoms in total. The Morgan fingerprint density at radius 2 is 1.90 bits per heavy atom. The molecule has 6 heteroatoms. The second-order valence-corrected chi connectivity index (χ2v) is 4.72. The van der Waals surface area contributed by atoms with Gasteiger partial charge < -0.3 is 5.10 Å². The van der Waals surface area contributed by atoms with E-state index in [1.165, 1.54) is 5.56 Å². The third kappa shape index (κ3) is 2.54. The Bertz CT molecular complexity index is 753. The highest BCUT2D eigenvalue weighted by atomic mass is 16.1. The second kappa shape index (κ2) is 5.16. The van der Waals surface area contributed by atoms with Crippen LogP contribution in [0.25, 0.3) is 0 Å². The van der Waals surface area contributed by atoms with Gasteiger partial charge in [-0.3, -0.25) is 15.0 Å². The maximum atomic E-state index is 11.6. The third-order valence-electron chi connectivity index (χ3n) is 3.22. The van der Waals surface area contributed by atoms with Crippen molar-refractivity contribution in [2.75, 3.05) is 0 Å². The zero-order chi connectivity index (χ0) is 13.9. The zero-order valence-electron chi connectivity index (χ0n) is 11.1. The summed E-state index contributed by atoms with van der Waals surface area (Å²) >= 11 is 0. The maximum absolute atomic E-state index is 11.6. The molecule has 0 unspecified atom stereocenters. The van der Waals surface area contributed by atoms with E-state index in [2.05, 4.69) is 25.4 Å². The van der Waals surface area contributed by atoms with Crippen molar-refractivity contribution in [2.45, 2.75) is 19.8 Å². The molecule has 20 heavy (non-hydrogen) atoms. The summed E-state index contributed by atoms with van der Waals surface area (Å²) in [6.07, 6.45) is 1.13. The van der Waals surface area contributed by atoms with Crippen molar-refractivity contribution in [1.82, 2.24) is 25.4 Å². The molecule has 0 aliphatic rings. The molecule has 2 heterocycles. The smallest absolute Gasteiger partial charge is 0.267 e. The maximum Gasteiger partial charge on any atom is 0.267 e. The fourth-order valence-electron chi connectivity index (χ4n) is 2.12. The number of nitrogens with zero attached hydrogens (tertiary/aromatic N) is 2. The van der Waals surface area contributed by atoms with Gasteiger partial charge >= 0.3 is 0 Å². The number of aromatic amines is 3. The van der Waals surface area contributed by atoms with Crippen molar-refractivity contribution >= 4 is 0 Å². The first kappa shape index (κ1) is 12.4. The Kier molecular flexibility index (Phi) is 3.20. The van der Waals surface area contributed by atoms with Gasteiger partial charge in [0.05, 0.1) is 0 Å². The van der Waals surface area contributed by atoms with Crippen LogP contribution in [0.4, 0.5) is 0 Å². The molecule has 0 spiro atoms. The largest absolute Gasteiger partial charge is 0.302 e. The minimum atomic E-state index is -0.114. The van der Waals surface area contributed by atoms with E-state index >= 15 is 0 Å². The second-order valence-electron chi connectivity index (χ2n) is 4.72. The monoisotopic (exact) mass is 269 g/mol. The normalized spacial score (nSPS) is 10.8. The van der Waals surface area contributed by atoms with Crippen LogP contribution in [0.5, 0.6) is 0 Å². The summed E-state index contributed by atoms with van der Waals surface area (Å²) in [7, 11) is 0. The molecule has 1 aromatic carbocycles. The topological polar surface area (TPSA) is 90.2 Å². The quantitative estimate of drug-likeness (QED) is 0.667. The number of hydrogen-bond acceptors (Lipinski definition) is 3. The molecule has 0 aliphatic carbocycles. The van der Waals surface area contributed by atoms with E-state index in [0.29, 0.717) is 24.2 Å². The Hall–Kier alpha value is -2.63. The van der Waals surface area contributed by atoms with Crippen LogP contribution >= 0.6 is 0 Å². The number of rotatable bonds is 4. The molecule has 2 aromatic heterocycles. The van der Waals surface area contributed by atoms with Gasteiger partial charge in [0.2, 0.25) is 0 Å². The Balaban J connectivity index is 1.76. The SMILES string of the molecule is Cc1[nH][nH]c(=O)c1Cc1n[nH]c(Cc2ccccc2)n1. The Morgan fingerprint density at radius 3 is 2.60 bits per heavy atom. The first-order chi connectivity index (χ1) is 9.72. The van der Waals surface area contributed by atoms with E-state index in [4.69, 9.17) is 0 Å². The van der Waals surface area contributed by atoms with Crippen molar-refractivity contribution in [3.63, 3.8) is 0 Å². The van der Waals surface area contributed by atoms with Crippen LogP contribution in [-0.4, -0.2) is 25.4 Å². The minimum absolute atomic E-state index is 0.114. The summed E-state index contributed by atoms with van der Waals surface area (Å²) in [4.78, 5) is 16.0. The van der Waals surface area contributed by atoms with Gasteiger partial charge in [-0.2, -0.15) is 5.10 Å². The van der Waals surface area contributed by atoms with Gasteiger partial charge in [0, 0.05) is 24.1 Å². The van der Waals surface area contributed by atoms with Gasteiger partial charge in [0.15, 0.2) is 5.82 Å². The molecule has 0 aliphatic heterocycles. The number of aromatic nitrogens is 5. The molecule has 0 amide bonds. The molecule has 3 aromatic rings. The van der Waals surface area contributed by atoms with Crippen molar-refractivity contribution in [1.29, 1.82) is 0 Å². The van der Waals surface area contributed by atoms with Crippen LogP contribution < -0.4 is 5.56 Å². The van der Waals surface area contributed by atoms with Crippen molar-refractivity contribution < 1.29 is 0 Å². The summed E-state index contributed by atoms with van der Waals surface area (Å²) in [6, 6.07) is 10.1. The predicted octanol–water partition coefficient (Wildman–Crippen LogP) is 1.31. The summed E-state index contributed by atoms with van der Waals surface area (Å²) in [5.74, 6) is 1.43. The van der Waals surface area contributed by atoms with E-state index in [1.54, 1.807) is 0 Å². The molecule has 0 saturated carbocycles. The van der Waals surface area contributed by atoms with Crippen molar-refractivity contribution in [3.8, 4) is 0 Å². The molecule has 102 valence electrons. The van der Waals surface area contributed by atoms with E-state index in [9.17, 15) is 4.79 Å². The van der Waals surface area contributed by atoms with Crippen molar-refractivity contribution in [3.05, 3.63) is 69.2 Å². The number of nitrogens with one attached hydrogen (secondary N) is 3. The van der Waals surface area contributed by atoms with E-state index in [0.717, 1.165) is 11.5 Å². The minimum Gasteiger partial charge on any atom is -0.302 e.